The second-order valence-electron chi connectivity index (χ2n) is 7.99. The van der Waals surface area contributed by atoms with Gasteiger partial charge in [-0.15, -0.1) is 0 Å². The maximum Gasteiger partial charge on any atom is 0.257 e. The Kier molecular flexibility index (Phi) is 5.46. The van der Waals surface area contributed by atoms with Crippen LogP contribution in [0.25, 0.3) is 0 Å². The van der Waals surface area contributed by atoms with E-state index in [1.54, 1.807) is 17.1 Å². The van der Waals surface area contributed by atoms with Crippen molar-refractivity contribution in [2.75, 3.05) is 26.3 Å². The first-order valence-electron chi connectivity index (χ1n) is 9.95. The van der Waals surface area contributed by atoms with E-state index in [4.69, 9.17) is 9.47 Å². The molecule has 0 radical (unpaired) electrons. The number of nitrogens with zero attached hydrogens (tertiary/aromatic N) is 4. The van der Waals surface area contributed by atoms with E-state index in [0.717, 1.165) is 37.1 Å². The van der Waals surface area contributed by atoms with E-state index < -0.39 is 0 Å². The number of likely N-dealkylation sites (tertiary alicyclic amines) is 1. The van der Waals surface area contributed by atoms with Crippen molar-refractivity contribution in [3.05, 3.63) is 47.5 Å². The van der Waals surface area contributed by atoms with Gasteiger partial charge in [-0.25, -0.2) is 0 Å². The van der Waals surface area contributed by atoms with E-state index in [0.29, 0.717) is 31.9 Å². The molecule has 2 aromatic heterocycles. The molecule has 2 aliphatic heterocycles. The van der Waals surface area contributed by atoms with E-state index in [2.05, 4.69) is 10.1 Å². The van der Waals surface area contributed by atoms with Crippen molar-refractivity contribution in [1.82, 2.24) is 19.7 Å². The largest absolute Gasteiger partial charge is 0.377 e. The van der Waals surface area contributed by atoms with E-state index in [1.165, 1.54) is 0 Å². The standard InChI is InChI=1S/C21H28N4O3/c1-16-18(12-24(2)23-16)20(26)25-10-6-19-21(14-25,7-3-11-28-19)15-27-13-17-4-8-22-9-5-17/h4-5,8-9,12,19H,3,6-7,10-11,13-15H2,1-2H3/t19-,21+/m0/s1. The number of carbonyl (C=O) groups is 1. The van der Waals surface area contributed by atoms with Crippen molar-refractivity contribution in [2.45, 2.75) is 38.9 Å². The fraction of sp³-hybridized carbons (Fsp3) is 0.571. The van der Waals surface area contributed by atoms with Crippen molar-refractivity contribution in [3.8, 4) is 0 Å². The van der Waals surface area contributed by atoms with Gasteiger partial charge in [0.25, 0.3) is 5.91 Å². The molecule has 2 saturated heterocycles. The topological polar surface area (TPSA) is 69.5 Å². The fourth-order valence-corrected chi connectivity index (χ4v) is 4.51. The fourth-order valence-electron chi connectivity index (χ4n) is 4.51. The first-order valence-corrected chi connectivity index (χ1v) is 9.95. The van der Waals surface area contributed by atoms with E-state index in [9.17, 15) is 4.79 Å². The number of piperidine rings is 1. The van der Waals surface area contributed by atoms with Crippen LogP contribution in [0.15, 0.2) is 30.7 Å². The van der Waals surface area contributed by atoms with Gasteiger partial charge >= 0.3 is 0 Å². The number of amides is 1. The molecule has 0 spiro atoms. The molecule has 0 saturated carbocycles. The highest BCUT2D eigenvalue weighted by molar-refractivity contribution is 5.95. The summed E-state index contributed by atoms with van der Waals surface area (Å²) in [5, 5.41) is 4.32. The number of aryl methyl sites for hydroxylation is 2. The van der Waals surface area contributed by atoms with Gasteiger partial charge in [-0.2, -0.15) is 5.10 Å². The Morgan fingerprint density at radius 3 is 2.96 bits per heavy atom. The molecule has 0 aliphatic carbocycles. The third-order valence-electron chi connectivity index (χ3n) is 5.93. The number of fused-ring (bicyclic) bond motifs is 1. The summed E-state index contributed by atoms with van der Waals surface area (Å²) in [5.41, 5.74) is 2.42. The summed E-state index contributed by atoms with van der Waals surface area (Å²) in [6, 6.07) is 3.93. The zero-order valence-electron chi connectivity index (χ0n) is 16.6. The highest BCUT2D eigenvalue weighted by Gasteiger charge is 2.47. The van der Waals surface area contributed by atoms with Crippen LogP contribution in [-0.2, 0) is 23.1 Å². The predicted molar refractivity (Wildman–Crippen MR) is 104 cm³/mol. The summed E-state index contributed by atoms with van der Waals surface area (Å²) in [6.45, 7) is 5.21. The Morgan fingerprint density at radius 1 is 1.39 bits per heavy atom. The first-order chi connectivity index (χ1) is 13.6. The normalized spacial score (nSPS) is 24.8. The molecule has 0 N–H and O–H groups in total. The predicted octanol–water partition coefficient (Wildman–Crippen LogP) is 2.35. The molecule has 150 valence electrons. The van der Waals surface area contributed by atoms with Gasteiger partial charge < -0.3 is 14.4 Å². The van der Waals surface area contributed by atoms with Crippen molar-refractivity contribution in [1.29, 1.82) is 0 Å². The third-order valence-corrected chi connectivity index (χ3v) is 5.93. The Balaban J connectivity index is 1.47. The zero-order valence-corrected chi connectivity index (χ0v) is 16.6. The lowest BCUT2D eigenvalue weighted by molar-refractivity contribution is -0.148. The molecule has 1 amide bonds. The van der Waals surface area contributed by atoms with Crippen molar-refractivity contribution in [3.63, 3.8) is 0 Å². The van der Waals surface area contributed by atoms with Gasteiger partial charge in [-0.1, -0.05) is 0 Å². The minimum absolute atomic E-state index is 0.0585. The van der Waals surface area contributed by atoms with E-state index in [1.807, 2.05) is 37.2 Å². The number of rotatable bonds is 5. The summed E-state index contributed by atoms with van der Waals surface area (Å²) < 4.78 is 13.9. The zero-order chi connectivity index (χ0) is 19.6. The highest BCUT2D eigenvalue weighted by atomic mass is 16.5. The van der Waals surface area contributed by atoms with Gasteiger partial charge in [0, 0.05) is 50.7 Å². The lowest BCUT2D eigenvalue weighted by Gasteiger charge is -2.50. The molecule has 4 rings (SSSR count). The maximum absolute atomic E-state index is 13.1. The molecule has 2 atom stereocenters. The van der Waals surface area contributed by atoms with Gasteiger partial charge in [0.15, 0.2) is 0 Å². The smallest absolute Gasteiger partial charge is 0.257 e. The minimum Gasteiger partial charge on any atom is -0.377 e. The van der Waals surface area contributed by atoms with Gasteiger partial charge in [0.1, 0.15) is 0 Å². The highest BCUT2D eigenvalue weighted by Crippen LogP contribution is 2.41. The van der Waals surface area contributed by atoms with Crippen LogP contribution < -0.4 is 0 Å². The molecule has 2 fully saturated rings. The quantitative estimate of drug-likeness (QED) is 0.791. The van der Waals surface area contributed by atoms with E-state index >= 15 is 0 Å². The average molecular weight is 384 g/mol. The molecule has 0 bridgehead atoms. The number of hydrogen-bond donors (Lipinski definition) is 0. The summed E-state index contributed by atoms with van der Waals surface area (Å²) in [6.07, 6.45) is 8.39. The first kappa shape index (κ1) is 19.1. The lowest BCUT2D eigenvalue weighted by Crippen LogP contribution is -2.58. The molecular formula is C21H28N4O3. The molecule has 0 unspecified atom stereocenters. The van der Waals surface area contributed by atoms with Crippen LogP contribution in [0.3, 0.4) is 0 Å². The van der Waals surface area contributed by atoms with Crippen molar-refractivity contribution >= 4 is 5.91 Å². The number of aromatic nitrogens is 3. The molecule has 0 aromatic carbocycles. The van der Waals surface area contributed by atoms with E-state index in [-0.39, 0.29) is 17.4 Å². The van der Waals surface area contributed by atoms with Crippen LogP contribution in [0.1, 0.15) is 40.9 Å². The maximum atomic E-state index is 13.1. The summed E-state index contributed by atoms with van der Waals surface area (Å²) in [5.74, 6) is 0.0585. The van der Waals surface area contributed by atoms with Crippen molar-refractivity contribution in [2.24, 2.45) is 12.5 Å². The van der Waals surface area contributed by atoms with Crippen LogP contribution in [0.4, 0.5) is 0 Å². The second-order valence-corrected chi connectivity index (χ2v) is 7.99. The monoisotopic (exact) mass is 384 g/mol. The number of hydrogen-bond acceptors (Lipinski definition) is 5. The molecule has 7 heteroatoms. The van der Waals surface area contributed by atoms with Gasteiger partial charge in [0.05, 0.1) is 30.6 Å². The number of ether oxygens (including phenoxy) is 2. The molecule has 7 nitrogen and oxygen atoms in total. The molecule has 2 aliphatic rings. The van der Waals surface area contributed by atoms with Gasteiger partial charge in [-0.3, -0.25) is 14.5 Å². The summed E-state index contributed by atoms with van der Waals surface area (Å²) >= 11 is 0. The molecular weight excluding hydrogens is 356 g/mol. The summed E-state index contributed by atoms with van der Waals surface area (Å²) in [4.78, 5) is 19.1. The Hall–Kier alpha value is -2.25. The van der Waals surface area contributed by atoms with Crippen molar-refractivity contribution < 1.29 is 14.3 Å². The Morgan fingerprint density at radius 2 is 2.21 bits per heavy atom. The minimum atomic E-state index is -0.144. The van der Waals surface area contributed by atoms with Gasteiger partial charge in [-0.05, 0) is 43.9 Å². The third kappa shape index (κ3) is 3.82. The second kappa shape index (κ2) is 8.01. The van der Waals surface area contributed by atoms with Crippen LogP contribution in [-0.4, -0.2) is 58.0 Å². The number of carbonyl (C=O) groups excluding carboxylic acids is 1. The SMILES string of the molecule is Cc1nn(C)cc1C(=O)N1CC[C@@H]2OCCC[C@]2(COCc2ccncc2)C1. The van der Waals surface area contributed by atoms with Crippen LogP contribution >= 0.6 is 0 Å². The summed E-state index contributed by atoms with van der Waals surface area (Å²) in [7, 11) is 1.85. The lowest BCUT2D eigenvalue weighted by atomic mass is 9.73. The number of pyridine rings is 1. The average Bonchev–Trinajstić information content (AvgIpc) is 3.05. The Labute approximate surface area is 165 Å². The van der Waals surface area contributed by atoms with Crippen LogP contribution in [0, 0.1) is 12.3 Å². The molecule has 28 heavy (non-hydrogen) atoms. The Bertz CT molecular complexity index is 822. The molecule has 4 heterocycles. The van der Waals surface area contributed by atoms with Crippen LogP contribution in [0.5, 0.6) is 0 Å². The molecule has 2 aromatic rings. The van der Waals surface area contributed by atoms with Gasteiger partial charge in [0.2, 0.25) is 0 Å². The van der Waals surface area contributed by atoms with Crippen LogP contribution in [0.2, 0.25) is 0 Å².